The molecule has 47 heavy (non-hydrogen) atoms. The van der Waals surface area contributed by atoms with Gasteiger partial charge in [0.15, 0.2) is 5.60 Å². The van der Waals surface area contributed by atoms with Crippen molar-refractivity contribution < 1.29 is 49.1 Å². The normalized spacial score (nSPS) is 14.0. The van der Waals surface area contributed by atoms with Crippen molar-refractivity contribution >= 4 is 29.6 Å². The highest BCUT2D eigenvalue weighted by atomic mass is 16.5. The molecule has 11 nitrogen and oxygen atoms in total. The third kappa shape index (κ3) is 17.1. The highest BCUT2D eigenvalue weighted by Crippen LogP contribution is 2.26. The molecule has 0 unspecified atom stereocenters. The van der Waals surface area contributed by atoms with Gasteiger partial charge in [0.05, 0.1) is 18.9 Å². The van der Waals surface area contributed by atoms with Gasteiger partial charge in [-0.15, -0.1) is 0 Å². The number of benzene rings is 1. The van der Waals surface area contributed by atoms with Crippen LogP contribution in [0, 0.1) is 11.8 Å². The number of hydrogen-bond acceptors (Lipinski definition) is 7. The minimum absolute atomic E-state index is 0.143. The Bertz CT molecular complexity index is 1150. The van der Waals surface area contributed by atoms with Gasteiger partial charge in [-0.05, 0) is 55.7 Å². The summed E-state index contributed by atoms with van der Waals surface area (Å²) in [7, 11) is 0. The zero-order valence-electron chi connectivity index (χ0n) is 28.2. The van der Waals surface area contributed by atoms with E-state index in [2.05, 4.69) is 26.1 Å². The number of carboxylic acid groups (broad SMARTS) is 3. The summed E-state index contributed by atoms with van der Waals surface area (Å²) in [6.45, 7) is 6.84. The molecule has 1 aromatic rings. The molecular formula is C36H55NO10. The number of hydrogen-bond donors (Lipinski definition) is 5. The van der Waals surface area contributed by atoms with Gasteiger partial charge in [-0.1, -0.05) is 83.6 Å². The quantitative estimate of drug-likeness (QED) is 0.0556. The fraction of sp³-hybridized carbons (Fsp3) is 0.639. The van der Waals surface area contributed by atoms with Gasteiger partial charge in [-0.25, -0.2) is 9.59 Å². The molecule has 0 saturated heterocycles. The van der Waals surface area contributed by atoms with E-state index in [0.717, 1.165) is 57.4 Å². The molecule has 0 saturated carbocycles. The Hall–Kier alpha value is -3.73. The number of carbonyl (C=O) groups is 5. The second kappa shape index (κ2) is 22.7. The second-order valence-corrected chi connectivity index (χ2v) is 12.6. The number of amides is 1. The minimum Gasteiger partial charge on any atom is -0.494 e. The Labute approximate surface area is 278 Å². The number of carbonyl (C=O) groups excluding carboxylic acids is 2. The van der Waals surface area contributed by atoms with E-state index in [9.17, 15) is 44.4 Å². The van der Waals surface area contributed by atoms with Crippen molar-refractivity contribution in [3.8, 4) is 5.75 Å². The maximum Gasteiger partial charge on any atom is 0.337 e. The van der Waals surface area contributed by atoms with Crippen LogP contribution in [0.15, 0.2) is 36.4 Å². The zero-order chi connectivity index (χ0) is 35.2. The van der Waals surface area contributed by atoms with Crippen LogP contribution in [0.5, 0.6) is 5.75 Å². The number of Topliss-reactive ketones (excluding diaryl/α,β-unsaturated/α-hetero) is 1. The van der Waals surface area contributed by atoms with E-state index in [1.165, 1.54) is 12.5 Å². The van der Waals surface area contributed by atoms with Gasteiger partial charge in [0, 0.05) is 19.3 Å². The fourth-order valence-electron chi connectivity index (χ4n) is 5.07. The topological polar surface area (TPSA) is 188 Å². The van der Waals surface area contributed by atoms with Crippen molar-refractivity contribution in [3.63, 3.8) is 0 Å². The molecule has 0 bridgehead atoms. The molecule has 11 heteroatoms. The molecule has 1 rings (SSSR count). The number of aliphatic carboxylic acids is 3. The van der Waals surface area contributed by atoms with Crippen LogP contribution >= 0.6 is 0 Å². The van der Waals surface area contributed by atoms with Crippen LogP contribution in [0.4, 0.5) is 0 Å². The molecule has 0 spiro atoms. The number of allylic oxidation sites excluding steroid dienone is 1. The monoisotopic (exact) mass is 661 g/mol. The van der Waals surface area contributed by atoms with E-state index in [1.54, 1.807) is 24.3 Å². The van der Waals surface area contributed by atoms with Gasteiger partial charge in [-0.2, -0.15) is 0 Å². The van der Waals surface area contributed by atoms with E-state index < -0.39 is 47.8 Å². The minimum atomic E-state index is -3.01. The molecule has 0 aliphatic carbocycles. The summed E-state index contributed by atoms with van der Waals surface area (Å²) < 4.78 is 5.68. The Balaban J connectivity index is 2.82. The van der Waals surface area contributed by atoms with Gasteiger partial charge in [-0.3, -0.25) is 14.4 Å². The molecular weight excluding hydrogens is 606 g/mol. The van der Waals surface area contributed by atoms with Gasteiger partial charge in [0.2, 0.25) is 5.91 Å². The van der Waals surface area contributed by atoms with Crippen molar-refractivity contribution in [2.75, 3.05) is 6.61 Å². The molecule has 0 aromatic heterocycles. The molecule has 3 atom stereocenters. The lowest BCUT2D eigenvalue weighted by atomic mass is 9.82. The number of nitrogens with one attached hydrogen (secondary N) is 1. The molecule has 1 amide bonds. The van der Waals surface area contributed by atoms with Gasteiger partial charge >= 0.3 is 17.9 Å². The van der Waals surface area contributed by atoms with Crippen molar-refractivity contribution in [1.82, 2.24) is 5.32 Å². The molecule has 0 radical (unpaired) electrons. The van der Waals surface area contributed by atoms with Gasteiger partial charge < -0.3 is 30.5 Å². The lowest BCUT2D eigenvalue weighted by Gasteiger charge is -2.29. The van der Waals surface area contributed by atoms with Crippen LogP contribution in [0.3, 0.4) is 0 Å². The third-order valence-electron chi connectivity index (χ3n) is 7.99. The Kier molecular flexibility index (Phi) is 20.0. The lowest BCUT2D eigenvalue weighted by Crippen LogP contribution is -2.55. The Morgan fingerprint density at radius 1 is 0.872 bits per heavy atom. The summed E-state index contributed by atoms with van der Waals surface area (Å²) in [6.07, 6.45) is 12.2. The average Bonchev–Trinajstić information content (AvgIpc) is 2.99. The summed E-state index contributed by atoms with van der Waals surface area (Å²) in [4.78, 5) is 60.9. The summed E-state index contributed by atoms with van der Waals surface area (Å²) in [5, 5.41) is 42.1. The number of ketones is 1. The number of carboxylic acids is 3. The number of unbranched alkanes of at least 4 members (excludes halogenated alkanes) is 8. The van der Waals surface area contributed by atoms with Gasteiger partial charge in [0.1, 0.15) is 17.6 Å². The number of ether oxygens (including phenoxy) is 1. The van der Waals surface area contributed by atoms with Crippen molar-refractivity contribution in [2.45, 2.75) is 129 Å². The molecule has 0 fully saturated rings. The largest absolute Gasteiger partial charge is 0.494 e. The first kappa shape index (κ1) is 41.3. The summed E-state index contributed by atoms with van der Waals surface area (Å²) in [5.74, 6) is -6.58. The van der Waals surface area contributed by atoms with Crippen molar-refractivity contribution in [2.24, 2.45) is 11.8 Å². The fourth-order valence-corrected chi connectivity index (χ4v) is 5.07. The predicted molar refractivity (Wildman–Crippen MR) is 178 cm³/mol. The highest BCUT2D eigenvalue weighted by molar-refractivity contribution is 5.94. The molecule has 1 aromatic carbocycles. The van der Waals surface area contributed by atoms with E-state index in [4.69, 9.17) is 4.74 Å². The maximum absolute atomic E-state index is 13.3. The standard InChI is InChI=1S/C36H55NO10/c1-4-5-6-9-12-15-28(38)16-13-10-7-8-11-14-17-30(36(46,35(44)45)25-32(39)40)33(41)37-31(34(42)43)24-27-18-20-29(21-19-27)47-23-22-26(2)3/h14,17-21,26,30-31,46H,4-13,15-16,22-25H2,1-3H3,(H,37,41)(H,39,40)(H,42,43)(H,44,45)/b17-14+/t30-,31-,36+/m1/s1. The number of aliphatic hydroxyl groups is 1. The van der Waals surface area contributed by atoms with Crippen LogP contribution in [0.25, 0.3) is 0 Å². The van der Waals surface area contributed by atoms with Gasteiger partial charge in [0.25, 0.3) is 0 Å². The predicted octanol–water partition coefficient (Wildman–Crippen LogP) is 5.96. The first-order valence-corrected chi connectivity index (χ1v) is 16.9. The first-order chi connectivity index (χ1) is 22.3. The Morgan fingerprint density at radius 2 is 1.47 bits per heavy atom. The smallest absolute Gasteiger partial charge is 0.337 e. The Morgan fingerprint density at radius 3 is 2.00 bits per heavy atom. The second-order valence-electron chi connectivity index (χ2n) is 12.6. The molecule has 0 heterocycles. The van der Waals surface area contributed by atoms with Crippen LogP contribution in [0.2, 0.25) is 0 Å². The van der Waals surface area contributed by atoms with Crippen molar-refractivity contribution in [3.05, 3.63) is 42.0 Å². The SMILES string of the molecule is CCCCCCCC(=O)CCCCCC/C=C/[C@H](C(=O)N[C@H](Cc1ccc(OCCC(C)C)cc1)C(=O)O)[C@@](O)(CC(=O)O)C(=O)O. The van der Waals surface area contributed by atoms with E-state index in [1.807, 2.05) is 0 Å². The van der Waals surface area contributed by atoms with E-state index in [-0.39, 0.29) is 12.2 Å². The van der Waals surface area contributed by atoms with E-state index in [0.29, 0.717) is 49.5 Å². The zero-order valence-corrected chi connectivity index (χ0v) is 28.2. The molecule has 0 aliphatic heterocycles. The molecule has 5 N–H and O–H groups in total. The summed E-state index contributed by atoms with van der Waals surface area (Å²) in [6, 6.07) is 5.21. The first-order valence-electron chi connectivity index (χ1n) is 16.9. The average molecular weight is 662 g/mol. The van der Waals surface area contributed by atoms with Crippen LogP contribution in [-0.4, -0.2) is 68.3 Å². The third-order valence-corrected chi connectivity index (χ3v) is 7.99. The van der Waals surface area contributed by atoms with Crippen molar-refractivity contribution in [1.29, 1.82) is 0 Å². The van der Waals surface area contributed by atoms with Crippen LogP contribution in [-0.2, 0) is 30.4 Å². The highest BCUT2D eigenvalue weighted by Gasteiger charge is 2.49. The van der Waals surface area contributed by atoms with Crippen LogP contribution < -0.4 is 10.1 Å². The maximum atomic E-state index is 13.3. The molecule has 264 valence electrons. The van der Waals surface area contributed by atoms with Crippen LogP contribution in [0.1, 0.15) is 116 Å². The lowest BCUT2D eigenvalue weighted by molar-refractivity contribution is -0.172. The number of rotatable bonds is 27. The summed E-state index contributed by atoms with van der Waals surface area (Å²) >= 11 is 0. The van der Waals surface area contributed by atoms with E-state index >= 15 is 0 Å². The summed E-state index contributed by atoms with van der Waals surface area (Å²) in [5.41, 5.74) is -2.45. The molecule has 0 aliphatic rings.